The van der Waals surface area contributed by atoms with Gasteiger partial charge in [-0.15, -0.1) is 0 Å². The highest BCUT2D eigenvalue weighted by atomic mass is 79.9. The van der Waals surface area contributed by atoms with E-state index in [1.807, 2.05) is 48.5 Å². The van der Waals surface area contributed by atoms with Gasteiger partial charge in [-0.25, -0.2) is 0 Å². The van der Waals surface area contributed by atoms with Crippen LogP contribution in [0.4, 0.5) is 17.1 Å². The minimum absolute atomic E-state index is 0.341. The van der Waals surface area contributed by atoms with Crippen molar-refractivity contribution in [2.24, 2.45) is 0 Å². The molecule has 0 amide bonds. The number of rotatable bonds is 16. The molecule has 3 fully saturated rings. The highest BCUT2D eigenvalue weighted by Crippen LogP contribution is 2.36. The fraction of sp³-hybridized carbons (Fsp3) is 0.410. The molecule has 6 aromatic rings. The maximum atomic E-state index is 5.99. The van der Waals surface area contributed by atoms with Crippen LogP contribution in [0.3, 0.4) is 0 Å². The van der Waals surface area contributed by atoms with Gasteiger partial charge in [0.15, 0.2) is 23.0 Å². The van der Waals surface area contributed by atoms with Crippen LogP contribution in [0.1, 0.15) is 55.6 Å². The van der Waals surface area contributed by atoms with Crippen molar-refractivity contribution in [3.05, 3.63) is 154 Å². The lowest BCUT2D eigenvalue weighted by Gasteiger charge is -2.39. The Balaban J connectivity index is 0.000000166. The zero-order valence-electron chi connectivity index (χ0n) is 46.1. The number of benzene rings is 6. The van der Waals surface area contributed by atoms with Crippen LogP contribution in [-0.2, 0) is 0 Å². The molecule has 15 heteroatoms. The second-order valence-corrected chi connectivity index (χ2v) is 20.4. The van der Waals surface area contributed by atoms with Crippen molar-refractivity contribution >= 4 is 44.6 Å². The van der Waals surface area contributed by atoms with Crippen molar-refractivity contribution in [2.75, 3.05) is 143 Å². The van der Waals surface area contributed by atoms with Crippen molar-refractivity contribution in [3.8, 4) is 40.2 Å². The van der Waals surface area contributed by atoms with Crippen molar-refractivity contribution in [3.63, 3.8) is 0 Å². The van der Waals surface area contributed by atoms with Gasteiger partial charge in [0.2, 0.25) is 0 Å². The van der Waals surface area contributed by atoms with E-state index in [0.29, 0.717) is 18.1 Å². The summed E-state index contributed by atoms with van der Waals surface area (Å²) >= 11 is 9.50. The molecule has 3 aliphatic heterocycles. The summed E-state index contributed by atoms with van der Waals surface area (Å²) in [6.07, 6.45) is 0. The first-order valence-corrected chi connectivity index (χ1v) is 27.4. The summed E-state index contributed by atoms with van der Waals surface area (Å²) in [5.74, 6) is 5.79. The Kier molecular flexibility index (Phi) is 21.5. The lowest BCUT2D eigenvalue weighted by atomic mass is 10.0. The summed E-state index contributed by atoms with van der Waals surface area (Å²) in [4.78, 5) is 14.8. The standard InChI is InChI=1S/2C21H28N2O3.C19H22BrClN2O/c2*1-16(17-5-10-20(25-3)21(15-17)26-4)22-11-13-23(14-12-22)18-6-8-19(24-2)9-7-18;1-14(15-3-5-16(21)6-4-15)22-9-11-23(12-10-22)17-7-8-18(20)19(13-17)24-2/h2*5-10,15-16H,11-14H2,1-4H3;3-8,13-14H,9-12H2,1-2H3. The first-order chi connectivity index (χ1) is 36.9. The summed E-state index contributed by atoms with van der Waals surface area (Å²) in [6.45, 7) is 19.1. The second-order valence-electron chi connectivity index (χ2n) is 19.1. The summed E-state index contributed by atoms with van der Waals surface area (Å²) in [5.41, 5.74) is 7.54. The van der Waals surface area contributed by atoms with Gasteiger partial charge in [-0.1, -0.05) is 35.9 Å². The number of piperazine rings is 3. The Hall–Kier alpha value is -6.03. The predicted molar refractivity (Wildman–Crippen MR) is 314 cm³/mol. The van der Waals surface area contributed by atoms with Crippen LogP contribution in [0.2, 0.25) is 5.02 Å². The molecule has 6 aromatic carbocycles. The molecule has 3 heterocycles. The van der Waals surface area contributed by atoms with Gasteiger partial charge >= 0.3 is 0 Å². The maximum absolute atomic E-state index is 5.99. The molecule has 0 spiro atoms. The summed E-state index contributed by atoms with van der Waals surface area (Å²) in [5, 5.41) is 0.792. The monoisotopic (exact) mass is 1120 g/mol. The fourth-order valence-corrected chi connectivity index (χ4v) is 10.7. The summed E-state index contributed by atoms with van der Waals surface area (Å²) < 4.78 is 38.5. The fourth-order valence-electron chi connectivity index (χ4n) is 10.1. The van der Waals surface area contributed by atoms with Gasteiger partial charge in [-0.05, 0) is 150 Å². The molecular formula is C61H78BrClN6O7. The number of nitrogens with zero attached hydrogens (tertiary/aromatic N) is 6. The summed E-state index contributed by atoms with van der Waals surface area (Å²) in [7, 11) is 11.8. The van der Waals surface area contributed by atoms with E-state index in [-0.39, 0.29) is 0 Å². The van der Waals surface area contributed by atoms with Gasteiger partial charge < -0.3 is 47.9 Å². The van der Waals surface area contributed by atoms with Crippen LogP contribution in [-0.4, -0.2) is 143 Å². The Morgan fingerprint density at radius 1 is 0.342 bits per heavy atom. The minimum atomic E-state index is 0.341. The van der Waals surface area contributed by atoms with Gasteiger partial charge in [0.05, 0.1) is 54.2 Å². The first-order valence-electron chi connectivity index (χ1n) is 26.2. The topological polar surface area (TPSA) is 84.1 Å². The smallest absolute Gasteiger partial charge is 0.161 e. The number of methoxy groups -OCH3 is 7. The van der Waals surface area contributed by atoms with E-state index < -0.39 is 0 Å². The molecule has 76 heavy (non-hydrogen) atoms. The number of hydrogen-bond acceptors (Lipinski definition) is 13. The number of halogens is 2. The van der Waals surface area contributed by atoms with Crippen LogP contribution < -0.4 is 47.9 Å². The van der Waals surface area contributed by atoms with Crippen LogP contribution in [0.15, 0.2) is 132 Å². The molecule has 0 aliphatic carbocycles. The Labute approximate surface area is 465 Å². The van der Waals surface area contributed by atoms with Crippen LogP contribution in [0, 0.1) is 0 Å². The van der Waals surface area contributed by atoms with Gasteiger partial charge in [0.1, 0.15) is 17.2 Å². The Bertz CT molecular complexity index is 2570. The van der Waals surface area contributed by atoms with Gasteiger partial charge in [0, 0.05) is 125 Å². The zero-order chi connectivity index (χ0) is 54.1. The molecule has 0 saturated carbocycles. The van der Waals surface area contributed by atoms with E-state index >= 15 is 0 Å². The van der Waals surface area contributed by atoms with E-state index in [0.717, 1.165) is 128 Å². The van der Waals surface area contributed by atoms with Crippen LogP contribution >= 0.6 is 27.5 Å². The Morgan fingerprint density at radius 2 is 0.671 bits per heavy atom. The average molecular weight is 1120 g/mol. The predicted octanol–water partition coefficient (Wildman–Crippen LogP) is 12.2. The van der Waals surface area contributed by atoms with Gasteiger partial charge in [-0.2, -0.15) is 0 Å². The average Bonchev–Trinajstić information content (AvgIpc) is 3.49. The lowest BCUT2D eigenvalue weighted by molar-refractivity contribution is 0.198. The van der Waals surface area contributed by atoms with Crippen molar-refractivity contribution in [1.82, 2.24) is 14.7 Å². The molecule has 0 bridgehead atoms. The third-order valence-corrected chi connectivity index (χ3v) is 16.0. The molecule has 3 unspecified atom stereocenters. The van der Waals surface area contributed by atoms with E-state index in [2.05, 4.69) is 145 Å². The zero-order valence-corrected chi connectivity index (χ0v) is 48.5. The Morgan fingerprint density at radius 3 is 1.03 bits per heavy atom. The molecule has 3 aliphatic rings. The van der Waals surface area contributed by atoms with E-state index in [9.17, 15) is 0 Å². The first kappa shape index (κ1) is 57.7. The lowest BCUT2D eigenvalue weighted by Crippen LogP contribution is -2.47. The van der Waals surface area contributed by atoms with E-state index in [4.69, 9.17) is 44.8 Å². The molecular weight excluding hydrogens is 1040 g/mol. The van der Waals surface area contributed by atoms with Crippen molar-refractivity contribution < 1.29 is 33.2 Å². The largest absolute Gasteiger partial charge is 0.497 e. The molecule has 3 atom stereocenters. The highest BCUT2D eigenvalue weighted by Gasteiger charge is 2.26. The number of hydrogen-bond donors (Lipinski definition) is 0. The van der Waals surface area contributed by atoms with Crippen molar-refractivity contribution in [1.29, 1.82) is 0 Å². The normalized spacial score (nSPS) is 16.4. The number of anilines is 3. The third-order valence-electron chi connectivity index (χ3n) is 15.1. The SMILES string of the molecule is COc1cc(N2CCN(C(C)c3ccc(Cl)cc3)CC2)ccc1Br.COc1ccc(N2CCN(C(C)c3ccc(OC)c(OC)c3)CC2)cc1.COc1ccc(N2CCN(C(C)c3ccc(OC)c(OC)c3)CC2)cc1. The van der Waals surface area contributed by atoms with E-state index in [1.54, 1.807) is 49.8 Å². The molecule has 0 N–H and O–H groups in total. The molecule has 408 valence electrons. The van der Waals surface area contributed by atoms with Crippen molar-refractivity contribution in [2.45, 2.75) is 38.9 Å². The molecule has 0 aromatic heterocycles. The van der Waals surface area contributed by atoms with Gasteiger partial charge in [-0.3, -0.25) is 14.7 Å². The molecule has 13 nitrogen and oxygen atoms in total. The van der Waals surface area contributed by atoms with Gasteiger partial charge in [0.25, 0.3) is 0 Å². The van der Waals surface area contributed by atoms with E-state index in [1.165, 1.54) is 33.8 Å². The second kappa shape index (κ2) is 28.4. The molecule has 9 rings (SSSR count). The third kappa shape index (κ3) is 14.9. The van der Waals surface area contributed by atoms with Crippen LogP contribution in [0.25, 0.3) is 0 Å². The molecule has 0 radical (unpaired) electrons. The quantitative estimate of drug-likeness (QED) is 0.0923. The maximum Gasteiger partial charge on any atom is 0.161 e. The number of ether oxygens (including phenoxy) is 7. The van der Waals surface area contributed by atoms with Crippen LogP contribution in [0.5, 0.6) is 40.2 Å². The minimum Gasteiger partial charge on any atom is -0.497 e. The highest BCUT2D eigenvalue weighted by molar-refractivity contribution is 9.10. The molecule has 3 saturated heterocycles. The summed E-state index contributed by atoms with van der Waals surface area (Å²) in [6, 6.07) is 44.6.